The number of carbonyl (C=O) groups excluding carboxylic acids is 1. The first-order chi connectivity index (χ1) is 8.63. The number of hydrogen-bond donors (Lipinski definition) is 1. The third kappa shape index (κ3) is 2.43. The van der Waals surface area contributed by atoms with Crippen LogP contribution in [0.15, 0.2) is 29.4 Å². The Bertz CT molecular complexity index is 482. The summed E-state index contributed by atoms with van der Waals surface area (Å²) in [6, 6.07) is 7.83. The summed E-state index contributed by atoms with van der Waals surface area (Å²) in [5.41, 5.74) is 8.35. The molecule has 4 nitrogen and oxygen atoms in total. The molecule has 1 amide bonds. The number of aryl methyl sites for hydroxylation is 1. The molecule has 1 aromatic rings. The molecule has 1 atom stereocenters. The molecule has 2 N–H and O–H groups in total. The van der Waals surface area contributed by atoms with Crippen LogP contribution in [0.25, 0.3) is 0 Å². The Balaban J connectivity index is 2.20. The maximum atomic E-state index is 12.3. The van der Waals surface area contributed by atoms with Crippen LogP contribution < -0.4 is 10.7 Å². The van der Waals surface area contributed by atoms with Crippen molar-refractivity contribution in [3.63, 3.8) is 0 Å². The number of anilines is 1. The van der Waals surface area contributed by atoms with Crippen molar-refractivity contribution in [2.24, 2.45) is 16.8 Å². The second-order valence-electron chi connectivity index (χ2n) is 4.71. The summed E-state index contributed by atoms with van der Waals surface area (Å²) in [6.45, 7) is 4.53. The number of hydrogen-bond acceptors (Lipinski definition) is 3. The molecule has 2 rings (SSSR count). The number of nitrogens with two attached hydrogens (primary N) is 1. The van der Waals surface area contributed by atoms with Crippen molar-refractivity contribution in [1.82, 2.24) is 0 Å². The molecule has 0 aliphatic carbocycles. The van der Waals surface area contributed by atoms with Gasteiger partial charge in [-0.25, -0.2) is 5.01 Å². The standard InChI is InChI=1S/C14H19N3O/c1-10-5-3-6-12(9-10)17-14(18)13(7-4-8-15)11(2)16-17/h3,5-6,9,13H,4,7-8,15H2,1-2H3. The van der Waals surface area contributed by atoms with E-state index in [1.54, 1.807) is 0 Å². The highest BCUT2D eigenvalue weighted by Gasteiger charge is 2.33. The highest BCUT2D eigenvalue weighted by Crippen LogP contribution is 2.26. The van der Waals surface area contributed by atoms with E-state index in [0.29, 0.717) is 6.54 Å². The van der Waals surface area contributed by atoms with Gasteiger partial charge in [0.05, 0.1) is 11.6 Å². The van der Waals surface area contributed by atoms with Crippen molar-refractivity contribution in [3.8, 4) is 0 Å². The van der Waals surface area contributed by atoms with Crippen molar-refractivity contribution < 1.29 is 4.79 Å². The van der Waals surface area contributed by atoms with Crippen LogP contribution in [0.5, 0.6) is 0 Å². The van der Waals surface area contributed by atoms with Crippen molar-refractivity contribution in [3.05, 3.63) is 29.8 Å². The Kier molecular flexibility index (Phi) is 3.77. The molecule has 96 valence electrons. The number of hydrazone groups is 1. The topological polar surface area (TPSA) is 58.7 Å². The van der Waals surface area contributed by atoms with E-state index in [1.165, 1.54) is 5.01 Å². The summed E-state index contributed by atoms with van der Waals surface area (Å²) in [4.78, 5) is 12.3. The van der Waals surface area contributed by atoms with Crippen molar-refractivity contribution in [2.45, 2.75) is 26.7 Å². The predicted octanol–water partition coefficient (Wildman–Crippen LogP) is 2.07. The fraction of sp³-hybridized carbons (Fsp3) is 0.429. The number of nitrogens with zero attached hydrogens (tertiary/aromatic N) is 2. The predicted molar refractivity (Wildman–Crippen MR) is 73.6 cm³/mol. The number of amides is 1. The van der Waals surface area contributed by atoms with E-state index in [1.807, 2.05) is 38.1 Å². The van der Waals surface area contributed by atoms with E-state index in [0.717, 1.165) is 29.8 Å². The smallest absolute Gasteiger partial charge is 0.256 e. The minimum Gasteiger partial charge on any atom is -0.330 e. The average Bonchev–Trinajstić information content (AvgIpc) is 2.63. The van der Waals surface area contributed by atoms with Gasteiger partial charge in [-0.05, 0) is 50.9 Å². The van der Waals surface area contributed by atoms with Gasteiger partial charge in [-0.2, -0.15) is 5.10 Å². The molecule has 1 heterocycles. The molecule has 0 saturated carbocycles. The van der Waals surface area contributed by atoms with Crippen LogP contribution in [-0.2, 0) is 4.79 Å². The zero-order valence-electron chi connectivity index (χ0n) is 10.9. The maximum absolute atomic E-state index is 12.3. The third-order valence-electron chi connectivity index (χ3n) is 3.21. The van der Waals surface area contributed by atoms with Crippen molar-refractivity contribution in [2.75, 3.05) is 11.6 Å². The summed E-state index contributed by atoms with van der Waals surface area (Å²) in [5.74, 6) is -0.0411. The fourth-order valence-electron chi connectivity index (χ4n) is 2.20. The summed E-state index contributed by atoms with van der Waals surface area (Å²) in [5, 5.41) is 5.89. The normalized spacial score (nSPS) is 19.3. The molecule has 0 spiro atoms. The minimum absolute atomic E-state index is 0.0616. The summed E-state index contributed by atoms with van der Waals surface area (Å²) < 4.78 is 0. The van der Waals surface area contributed by atoms with Crippen LogP contribution >= 0.6 is 0 Å². The zero-order valence-corrected chi connectivity index (χ0v) is 10.9. The Morgan fingerprint density at radius 1 is 1.39 bits per heavy atom. The number of rotatable bonds is 4. The Morgan fingerprint density at radius 2 is 2.17 bits per heavy atom. The third-order valence-corrected chi connectivity index (χ3v) is 3.21. The average molecular weight is 245 g/mol. The summed E-state index contributed by atoms with van der Waals surface area (Å²) >= 11 is 0. The molecule has 4 heteroatoms. The lowest BCUT2D eigenvalue weighted by molar-refractivity contribution is -0.119. The lowest BCUT2D eigenvalue weighted by Gasteiger charge is -2.14. The molecule has 1 aromatic carbocycles. The molecule has 0 radical (unpaired) electrons. The molecule has 1 aliphatic rings. The second kappa shape index (κ2) is 5.31. The monoisotopic (exact) mass is 245 g/mol. The van der Waals surface area contributed by atoms with E-state index in [9.17, 15) is 4.79 Å². The molecule has 1 aliphatic heterocycles. The van der Waals surface area contributed by atoms with Gasteiger partial charge in [0.1, 0.15) is 0 Å². The highest BCUT2D eigenvalue weighted by molar-refractivity contribution is 6.14. The SMILES string of the molecule is CC1=NN(c2cccc(C)c2)C(=O)C1CCCN. The van der Waals surface area contributed by atoms with Crippen LogP contribution in [0.1, 0.15) is 25.3 Å². The first-order valence-electron chi connectivity index (χ1n) is 6.29. The van der Waals surface area contributed by atoms with Crippen LogP contribution in [0, 0.1) is 12.8 Å². The Hall–Kier alpha value is -1.68. The fourth-order valence-corrected chi connectivity index (χ4v) is 2.20. The van der Waals surface area contributed by atoms with Crippen LogP contribution in [-0.4, -0.2) is 18.2 Å². The number of benzene rings is 1. The van der Waals surface area contributed by atoms with Gasteiger partial charge in [-0.3, -0.25) is 4.79 Å². The maximum Gasteiger partial charge on any atom is 0.256 e. The quantitative estimate of drug-likeness (QED) is 0.882. The molecule has 1 unspecified atom stereocenters. The minimum atomic E-state index is -0.103. The summed E-state index contributed by atoms with van der Waals surface area (Å²) in [6.07, 6.45) is 1.64. The van der Waals surface area contributed by atoms with Gasteiger partial charge in [0.2, 0.25) is 0 Å². The second-order valence-corrected chi connectivity index (χ2v) is 4.71. The first kappa shape index (κ1) is 12.8. The van der Waals surface area contributed by atoms with Gasteiger partial charge >= 0.3 is 0 Å². The molecule has 0 fully saturated rings. The van der Waals surface area contributed by atoms with Crippen LogP contribution in [0.4, 0.5) is 5.69 Å². The van der Waals surface area contributed by atoms with E-state index >= 15 is 0 Å². The van der Waals surface area contributed by atoms with Gasteiger partial charge in [0.25, 0.3) is 5.91 Å². The summed E-state index contributed by atoms with van der Waals surface area (Å²) in [7, 11) is 0. The van der Waals surface area contributed by atoms with Gasteiger partial charge in [0.15, 0.2) is 0 Å². The van der Waals surface area contributed by atoms with Gasteiger partial charge in [0, 0.05) is 5.71 Å². The van der Waals surface area contributed by atoms with E-state index in [-0.39, 0.29) is 11.8 Å². The van der Waals surface area contributed by atoms with Gasteiger partial charge in [-0.1, -0.05) is 12.1 Å². The largest absolute Gasteiger partial charge is 0.330 e. The molecule has 0 aromatic heterocycles. The molecular weight excluding hydrogens is 226 g/mol. The first-order valence-corrected chi connectivity index (χ1v) is 6.29. The Labute approximate surface area is 107 Å². The zero-order chi connectivity index (χ0) is 13.1. The molecule has 0 bridgehead atoms. The highest BCUT2D eigenvalue weighted by atomic mass is 16.2. The van der Waals surface area contributed by atoms with Crippen molar-refractivity contribution >= 4 is 17.3 Å². The molecular formula is C14H19N3O. The lowest BCUT2D eigenvalue weighted by atomic mass is 9.98. The Morgan fingerprint density at radius 3 is 2.83 bits per heavy atom. The molecule has 18 heavy (non-hydrogen) atoms. The van der Waals surface area contributed by atoms with Crippen LogP contribution in [0.3, 0.4) is 0 Å². The number of carbonyl (C=O) groups is 1. The van der Waals surface area contributed by atoms with Crippen molar-refractivity contribution in [1.29, 1.82) is 0 Å². The van der Waals surface area contributed by atoms with Crippen LogP contribution in [0.2, 0.25) is 0 Å². The van der Waals surface area contributed by atoms with Gasteiger partial charge < -0.3 is 5.73 Å². The van der Waals surface area contributed by atoms with E-state index in [4.69, 9.17) is 5.73 Å². The molecule has 0 saturated heterocycles. The van der Waals surface area contributed by atoms with Gasteiger partial charge in [-0.15, -0.1) is 0 Å². The van der Waals surface area contributed by atoms with E-state index in [2.05, 4.69) is 5.10 Å². The van der Waals surface area contributed by atoms with E-state index < -0.39 is 0 Å². The lowest BCUT2D eigenvalue weighted by Crippen LogP contribution is -2.27.